The number of carbonyl (C=O) groups excluding carboxylic acids is 8. The van der Waals surface area contributed by atoms with E-state index in [1.54, 1.807) is 110 Å². The van der Waals surface area contributed by atoms with Crippen molar-refractivity contribution in [1.82, 2.24) is 36.8 Å². The molecule has 8 atom stereocenters. The van der Waals surface area contributed by atoms with Crippen molar-refractivity contribution < 1.29 is 43.1 Å². The predicted molar refractivity (Wildman–Crippen MR) is 232 cm³/mol. The molecule has 2 heterocycles. The van der Waals surface area contributed by atoms with Crippen LogP contribution in [0.1, 0.15) is 86.3 Å². The maximum absolute atomic E-state index is 14.6. The van der Waals surface area contributed by atoms with Gasteiger partial charge in [0.2, 0.25) is 41.4 Å². The number of fused-ring (bicyclic) bond motifs is 1. The highest BCUT2D eigenvalue weighted by Crippen LogP contribution is 2.22. The second-order valence-electron chi connectivity index (χ2n) is 17.7. The fourth-order valence-electron chi connectivity index (χ4n) is 7.62. The third-order valence-corrected chi connectivity index (χ3v) is 11.3. The van der Waals surface area contributed by atoms with E-state index in [-0.39, 0.29) is 19.4 Å². The molecule has 2 fully saturated rings. The molecule has 0 radical (unpaired) electrons. The van der Waals surface area contributed by atoms with Gasteiger partial charge in [-0.05, 0) is 54.6 Å². The molecule has 2 saturated heterocycles. The van der Waals surface area contributed by atoms with E-state index in [2.05, 4.69) is 31.9 Å². The second-order valence-corrected chi connectivity index (χ2v) is 17.7. The van der Waals surface area contributed by atoms with E-state index in [0.717, 1.165) is 5.56 Å². The number of carbonyl (C=O) groups is 8. The normalized spacial score (nSPS) is 25.1. The molecule has 0 aliphatic carbocycles. The van der Waals surface area contributed by atoms with Crippen LogP contribution in [0.25, 0.3) is 0 Å². The highest BCUT2D eigenvalue weighted by atomic mass is 16.5. The van der Waals surface area contributed by atoms with Crippen LogP contribution in [0.5, 0.6) is 0 Å². The predicted octanol–water partition coefficient (Wildman–Crippen LogP) is 1.94. The van der Waals surface area contributed by atoms with Gasteiger partial charge in [-0.15, -0.1) is 0 Å². The first-order valence-electron chi connectivity index (χ1n) is 21.7. The van der Waals surface area contributed by atoms with Crippen molar-refractivity contribution in [3.05, 3.63) is 71.8 Å². The Morgan fingerprint density at radius 3 is 1.74 bits per heavy atom. The lowest BCUT2D eigenvalue weighted by Gasteiger charge is -2.32. The van der Waals surface area contributed by atoms with E-state index in [4.69, 9.17) is 4.74 Å². The zero-order valence-corrected chi connectivity index (χ0v) is 37.4. The fourth-order valence-corrected chi connectivity index (χ4v) is 7.62. The average Bonchev–Trinajstić information content (AvgIpc) is 3.71. The fraction of sp³-hybridized carbons (Fsp3) is 0.565. The van der Waals surface area contributed by atoms with Crippen LogP contribution in [0, 0.1) is 23.7 Å². The molecule has 0 saturated carbocycles. The number of nitrogens with zero attached hydrogens (tertiary/aromatic N) is 1. The monoisotopic (exact) mass is 859 g/mol. The number of nitrogens with one attached hydrogen (secondary N) is 6. The number of cyclic esters (lactones) is 1. The average molecular weight is 860 g/mol. The first-order valence-corrected chi connectivity index (χ1v) is 21.7. The summed E-state index contributed by atoms with van der Waals surface area (Å²) >= 11 is 0. The van der Waals surface area contributed by atoms with Gasteiger partial charge in [-0.2, -0.15) is 0 Å². The quantitative estimate of drug-likeness (QED) is 0.182. The molecule has 338 valence electrons. The Balaban J connectivity index is 1.78. The minimum absolute atomic E-state index is 0.00412. The SMILES string of the molecule is CC(C)C1NC(=O)[C@H](C(C)C)NC(=O)[C@H](C(C)C)NC(=O)[C@@H]2CCCN2C(=O)[C@H](Cc2ccccc2)NC(=O)[C@@H](NC(=O)[C@@H](NC(=O)Cc2ccccc2)C(C)C)[C@@H](C)OC1=O. The van der Waals surface area contributed by atoms with E-state index in [1.807, 2.05) is 6.07 Å². The Morgan fingerprint density at radius 2 is 1.21 bits per heavy atom. The van der Waals surface area contributed by atoms with Crippen LogP contribution in [0.4, 0.5) is 0 Å². The van der Waals surface area contributed by atoms with Gasteiger partial charge in [0.05, 0.1) is 6.42 Å². The molecule has 0 aromatic heterocycles. The molecule has 7 amide bonds. The largest absolute Gasteiger partial charge is 0.458 e. The van der Waals surface area contributed by atoms with E-state index < -0.39 is 119 Å². The second kappa shape index (κ2) is 22.3. The van der Waals surface area contributed by atoms with E-state index >= 15 is 0 Å². The molecule has 2 aliphatic heterocycles. The van der Waals surface area contributed by atoms with Crippen LogP contribution in [-0.4, -0.2) is 107 Å². The summed E-state index contributed by atoms with van der Waals surface area (Å²) in [5.41, 5.74) is 1.42. The summed E-state index contributed by atoms with van der Waals surface area (Å²) in [6.45, 7) is 15.4. The van der Waals surface area contributed by atoms with Crippen LogP contribution in [-0.2, 0) is 55.9 Å². The third kappa shape index (κ3) is 13.1. The topological polar surface area (TPSA) is 221 Å². The van der Waals surface area contributed by atoms with Crippen LogP contribution in [0.2, 0.25) is 0 Å². The Bertz CT molecular complexity index is 1910. The molecule has 2 aromatic rings. The summed E-state index contributed by atoms with van der Waals surface area (Å²) in [7, 11) is 0. The van der Waals surface area contributed by atoms with Gasteiger partial charge in [0.1, 0.15) is 48.4 Å². The summed E-state index contributed by atoms with van der Waals surface area (Å²) in [6, 6.07) is 9.49. The third-order valence-electron chi connectivity index (χ3n) is 11.3. The van der Waals surface area contributed by atoms with E-state index in [9.17, 15) is 38.4 Å². The van der Waals surface area contributed by atoms with E-state index in [0.29, 0.717) is 18.4 Å². The van der Waals surface area contributed by atoms with E-state index in [1.165, 1.54) is 11.8 Å². The maximum Gasteiger partial charge on any atom is 0.329 e. The zero-order chi connectivity index (χ0) is 45.8. The van der Waals surface area contributed by atoms with Crippen molar-refractivity contribution in [2.75, 3.05) is 6.54 Å². The van der Waals surface area contributed by atoms with Gasteiger partial charge in [0.25, 0.3) is 0 Å². The molecule has 2 aromatic carbocycles. The molecule has 16 heteroatoms. The van der Waals surface area contributed by atoms with Gasteiger partial charge >= 0.3 is 5.97 Å². The van der Waals surface area contributed by atoms with Crippen LogP contribution in [0.3, 0.4) is 0 Å². The number of amides is 7. The lowest BCUT2D eigenvalue weighted by molar-refractivity contribution is -0.157. The first kappa shape index (κ1) is 48.9. The maximum atomic E-state index is 14.6. The van der Waals surface area contributed by atoms with Crippen molar-refractivity contribution >= 4 is 47.3 Å². The minimum atomic E-state index is -1.61. The van der Waals surface area contributed by atoms with Gasteiger partial charge in [-0.3, -0.25) is 33.6 Å². The Morgan fingerprint density at radius 1 is 0.694 bits per heavy atom. The summed E-state index contributed by atoms with van der Waals surface area (Å²) < 4.78 is 5.90. The Hall–Kier alpha value is -5.80. The number of rotatable bonds is 11. The van der Waals surface area contributed by atoms with Crippen molar-refractivity contribution in [2.45, 2.75) is 136 Å². The van der Waals surface area contributed by atoms with Gasteiger partial charge in [0, 0.05) is 13.0 Å². The number of hydrogen-bond donors (Lipinski definition) is 6. The molecule has 16 nitrogen and oxygen atoms in total. The number of hydrogen-bond acceptors (Lipinski definition) is 9. The molecule has 0 spiro atoms. The van der Waals surface area contributed by atoms with Crippen LogP contribution in [0.15, 0.2) is 60.7 Å². The van der Waals surface area contributed by atoms with Crippen molar-refractivity contribution in [3.63, 3.8) is 0 Å². The molecular formula is C46H65N7O9. The van der Waals surface area contributed by atoms with Crippen molar-refractivity contribution in [2.24, 2.45) is 23.7 Å². The lowest BCUT2D eigenvalue weighted by Crippen LogP contribution is -2.62. The number of benzene rings is 2. The van der Waals surface area contributed by atoms with Gasteiger partial charge in [0.15, 0.2) is 0 Å². The van der Waals surface area contributed by atoms with Gasteiger partial charge < -0.3 is 41.5 Å². The number of esters is 1. The Kier molecular flexibility index (Phi) is 17.6. The summed E-state index contributed by atoms with van der Waals surface area (Å²) in [5.74, 6) is -7.23. The smallest absolute Gasteiger partial charge is 0.329 e. The molecular weight excluding hydrogens is 795 g/mol. The van der Waals surface area contributed by atoms with Gasteiger partial charge in [-0.1, -0.05) is 116 Å². The van der Waals surface area contributed by atoms with Crippen LogP contribution < -0.4 is 31.9 Å². The standard InChI is InChI=1S/C46H65N7O9/c1-25(2)35(48-34(54)24-31-19-14-11-15-20-31)41(56)52-39-29(9)62-46(61)38(28(7)8)51-43(58)37(27(5)6)50-42(57)36(26(3)4)49-40(55)33-21-16-22-53(33)45(60)32(47-44(39)59)23-30-17-12-10-13-18-30/h10-15,17-20,25-29,32-33,35-39H,16,21-24H2,1-9H3,(H,47,59)(H,48,54)(H,49,55)(H,50,57)(H,51,58)(H,52,56)/t29-,32+,33+,35+,36+,37+,38?,39+/m1/s1. The molecule has 2 aliphatic rings. The summed E-state index contributed by atoms with van der Waals surface area (Å²) in [5, 5.41) is 16.6. The van der Waals surface area contributed by atoms with Gasteiger partial charge in [-0.25, -0.2) is 4.79 Å². The summed E-state index contributed by atoms with van der Waals surface area (Å²) in [6.07, 6.45) is -0.619. The van der Waals surface area contributed by atoms with Crippen molar-refractivity contribution in [1.29, 1.82) is 0 Å². The zero-order valence-electron chi connectivity index (χ0n) is 37.4. The molecule has 62 heavy (non-hydrogen) atoms. The molecule has 0 bridgehead atoms. The molecule has 1 unspecified atom stereocenters. The lowest BCUT2D eigenvalue weighted by atomic mass is 9.98. The van der Waals surface area contributed by atoms with Crippen molar-refractivity contribution in [3.8, 4) is 0 Å². The molecule has 6 N–H and O–H groups in total. The summed E-state index contributed by atoms with van der Waals surface area (Å²) in [4.78, 5) is 114. The highest BCUT2D eigenvalue weighted by Gasteiger charge is 2.43. The van der Waals surface area contributed by atoms with Crippen LogP contribution >= 0.6 is 0 Å². The Labute approximate surface area is 364 Å². The number of ether oxygens (including phenoxy) is 1. The first-order chi connectivity index (χ1) is 29.3. The highest BCUT2D eigenvalue weighted by molar-refractivity contribution is 5.98. The molecule has 4 rings (SSSR count). The minimum Gasteiger partial charge on any atom is -0.458 e.